The van der Waals surface area contributed by atoms with E-state index < -0.39 is 0 Å². The maximum atomic E-state index is 9.83. The Bertz CT molecular complexity index is 655. The van der Waals surface area contributed by atoms with Gasteiger partial charge in [0.05, 0.1) is 24.9 Å². The van der Waals surface area contributed by atoms with Crippen LogP contribution in [-0.2, 0) is 13.1 Å². The van der Waals surface area contributed by atoms with Crippen molar-refractivity contribution < 1.29 is 10.2 Å². The Balaban J connectivity index is 1.96. The summed E-state index contributed by atoms with van der Waals surface area (Å²) in [5, 5.41) is 19.5. The molecule has 0 aliphatic carbocycles. The first kappa shape index (κ1) is 14.9. The summed E-state index contributed by atoms with van der Waals surface area (Å²) in [6.07, 6.45) is 3.66. The second-order valence-corrected chi connectivity index (χ2v) is 5.51. The standard InChI is InChI=1S/C18H20N2O2/c21-12-16-9-17-15(7-4-8-19-17)11-20(18(16)13-22)10-14-5-2-1-3-6-14/h1-9,18,21-22H,10-13H2/t18-/m0/s1. The van der Waals surface area contributed by atoms with Crippen LogP contribution in [0.1, 0.15) is 16.8 Å². The van der Waals surface area contributed by atoms with Crippen molar-refractivity contribution in [3.63, 3.8) is 0 Å². The molecule has 114 valence electrons. The lowest BCUT2D eigenvalue weighted by Gasteiger charge is -2.30. The van der Waals surface area contributed by atoms with Gasteiger partial charge >= 0.3 is 0 Å². The average Bonchev–Trinajstić information content (AvgIpc) is 2.71. The van der Waals surface area contributed by atoms with Gasteiger partial charge in [-0.25, -0.2) is 0 Å². The number of aromatic nitrogens is 1. The number of nitrogens with zero attached hydrogens (tertiary/aromatic N) is 2. The van der Waals surface area contributed by atoms with Gasteiger partial charge in [0.1, 0.15) is 0 Å². The zero-order valence-corrected chi connectivity index (χ0v) is 12.4. The minimum atomic E-state index is -0.195. The minimum Gasteiger partial charge on any atom is -0.394 e. The van der Waals surface area contributed by atoms with Gasteiger partial charge in [-0.05, 0) is 28.8 Å². The van der Waals surface area contributed by atoms with Gasteiger partial charge < -0.3 is 10.2 Å². The molecule has 3 rings (SSSR count). The number of fused-ring (bicyclic) bond motifs is 1. The van der Waals surface area contributed by atoms with Crippen LogP contribution in [0.15, 0.2) is 54.2 Å². The van der Waals surface area contributed by atoms with Gasteiger partial charge in [-0.3, -0.25) is 9.88 Å². The lowest BCUT2D eigenvalue weighted by Crippen LogP contribution is -2.38. The fourth-order valence-electron chi connectivity index (χ4n) is 2.92. The number of aliphatic hydroxyl groups is 2. The second-order valence-electron chi connectivity index (χ2n) is 5.51. The molecule has 1 atom stereocenters. The summed E-state index contributed by atoms with van der Waals surface area (Å²) in [5.41, 5.74) is 3.97. The molecule has 2 aromatic rings. The average molecular weight is 296 g/mol. The van der Waals surface area contributed by atoms with Crippen molar-refractivity contribution >= 4 is 6.08 Å². The number of hydrogen-bond acceptors (Lipinski definition) is 4. The Morgan fingerprint density at radius 3 is 2.64 bits per heavy atom. The zero-order valence-electron chi connectivity index (χ0n) is 12.4. The highest BCUT2D eigenvalue weighted by molar-refractivity contribution is 5.55. The predicted octanol–water partition coefficient (Wildman–Crippen LogP) is 1.83. The van der Waals surface area contributed by atoms with E-state index in [2.05, 4.69) is 22.0 Å². The maximum Gasteiger partial charge on any atom is 0.0675 e. The Morgan fingerprint density at radius 1 is 1.09 bits per heavy atom. The molecule has 2 N–H and O–H groups in total. The van der Waals surface area contributed by atoms with Gasteiger partial charge in [-0.1, -0.05) is 36.4 Å². The molecule has 0 saturated carbocycles. The molecule has 0 saturated heterocycles. The molecule has 4 nitrogen and oxygen atoms in total. The summed E-state index contributed by atoms with van der Waals surface area (Å²) in [7, 11) is 0. The highest BCUT2D eigenvalue weighted by Gasteiger charge is 2.25. The number of rotatable bonds is 4. The summed E-state index contributed by atoms with van der Waals surface area (Å²) in [5.74, 6) is 0. The summed E-state index contributed by atoms with van der Waals surface area (Å²) in [6.45, 7) is 1.32. The molecule has 0 spiro atoms. The van der Waals surface area contributed by atoms with Gasteiger partial charge in [0.2, 0.25) is 0 Å². The third-order valence-corrected chi connectivity index (χ3v) is 4.07. The van der Waals surface area contributed by atoms with Crippen molar-refractivity contribution in [2.24, 2.45) is 0 Å². The van der Waals surface area contributed by atoms with Crippen molar-refractivity contribution in [2.45, 2.75) is 19.1 Å². The van der Waals surface area contributed by atoms with Crippen molar-refractivity contribution in [1.29, 1.82) is 0 Å². The van der Waals surface area contributed by atoms with Crippen LogP contribution in [0.5, 0.6) is 0 Å². The van der Waals surface area contributed by atoms with Crippen molar-refractivity contribution in [3.05, 3.63) is 71.1 Å². The lowest BCUT2D eigenvalue weighted by atomic mass is 10.1. The summed E-state index contributed by atoms with van der Waals surface area (Å²) in [4.78, 5) is 6.58. The Kier molecular flexibility index (Phi) is 4.63. The van der Waals surface area contributed by atoms with Crippen LogP contribution >= 0.6 is 0 Å². The monoisotopic (exact) mass is 296 g/mol. The first-order chi connectivity index (χ1) is 10.8. The fraction of sp³-hybridized carbons (Fsp3) is 0.278. The molecule has 1 aliphatic heterocycles. The van der Waals surface area contributed by atoms with E-state index in [1.807, 2.05) is 36.4 Å². The number of pyridine rings is 1. The molecule has 0 amide bonds. The predicted molar refractivity (Wildman–Crippen MR) is 85.9 cm³/mol. The highest BCUT2D eigenvalue weighted by Crippen LogP contribution is 2.25. The second kappa shape index (κ2) is 6.83. The molecule has 0 bridgehead atoms. The molecule has 0 unspecified atom stereocenters. The van der Waals surface area contributed by atoms with E-state index in [9.17, 15) is 10.2 Å². The van der Waals surface area contributed by atoms with E-state index in [0.29, 0.717) is 6.54 Å². The van der Waals surface area contributed by atoms with E-state index in [1.54, 1.807) is 6.20 Å². The molecule has 1 aliphatic rings. The van der Waals surface area contributed by atoms with Crippen LogP contribution < -0.4 is 0 Å². The van der Waals surface area contributed by atoms with Gasteiger partial charge in [0.25, 0.3) is 0 Å². The smallest absolute Gasteiger partial charge is 0.0675 e. The summed E-state index contributed by atoms with van der Waals surface area (Å²) < 4.78 is 0. The maximum absolute atomic E-state index is 9.83. The molecule has 22 heavy (non-hydrogen) atoms. The third kappa shape index (κ3) is 3.09. The van der Waals surface area contributed by atoms with Gasteiger partial charge in [0, 0.05) is 19.3 Å². The normalized spacial score (nSPS) is 18.5. The molecule has 2 heterocycles. The first-order valence-corrected chi connectivity index (χ1v) is 7.46. The van der Waals surface area contributed by atoms with Crippen LogP contribution in [-0.4, -0.2) is 39.4 Å². The van der Waals surface area contributed by atoms with Gasteiger partial charge in [-0.2, -0.15) is 0 Å². The van der Waals surface area contributed by atoms with Gasteiger partial charge in [-0.15, -0.1) is 0 Å². The Hall–Kier alpha value is -2.01. The molecule has 1 aromatic heterocycles. The SMILES string of the molecule is OCC1=Cc2ncccc2CN(Cc2ccccc2)[C@H]1CO. The van der Waals surface area contributed by atoms with E-state index in [4.69, 9.17) is 0 Å². The van der Waals surface area contributed by atoms with Crippen molar-refractivity contribution in [3.8, 4) is 0 Å². The van der Waals surface area contributed by atoms with Gasteiger partial charge in [0.15, 0.2) is 0 Å². The number of aliphatic hydroxyl groups excluding tert-OH is 2. The molecule has 1 aromatic carbocycles. The van der Waals surface area contributed by atoms with Crippen LogP contribution in [0.3, 0.4) is 0 Å². The number of hydrogen-bond donors (Lipinski definition) is 2. The lowest BCUT2D eigenvalue weighted by molar-refractivity contribution is 0.124. The van der Waals surface area contributed by atoms with E-state index in [0.717, 1.165) is 23.4 Å². The first-order valence-electron chi connectivity index (χ1n) is 7.46. The van der Waals surface area contributed by atoms with Crippen LogP contribution in [0, 0.1) is 0 Å². The highest BCUT2D eigenvalue weighted by atomic mass is 16.3. The fourth-order valence-corrected chi connectivity index (χ4v) is 2.92. The minimum absolute atomic E-state index is 0.0206. The Labute approximate surface area is 130 Å². The third-order valence-electron chi connectivity index (χ3n) is 4.07. The quantitative estimate of drug-likeness (QED) is 0.904. The van der Waals surface area contributed by atoms with Crippen LogP contribution in [0.4, 0.5) is 0 Å². The van der Waals surface area contributed by atoms with Crippen LogP contribution in [0.25, 0.3) is 6.08 Å². The Morgan fingerprint density at radius 2 is 1.91 bits per heavy atom. The molecular formula is C18H20N2O2. The molecule has 4 heteroatoms. The van der Waals surface area contributed by atoms with Crippen molar-refractivity contribution in [1.82, 2.24) is 9.88 Å². The van der Waals surface area contributed by atoms with Crippen LogP contribution in [0.2, 0.25) is 0 Å². The van der Waals surface area contributed by atoms with E-state index >= 15 is 0 Å². The summed E-state index contributed by atoms with van der Waals surface area (Å²) >= 11 is 0. The van der Waals surface area contributed by atoms with Crippen molar-refractivity contribution in [2.75, 3.05) is 13.2 Å². The zero-order chi connectivity index (χ0) is 15.4. The molecule has 0 radical (unpaired) electrons. The van der Waals surface area contributed by atoms with E-state index in [-0.39, 0.29) is 19.3 Å². The molecular weight excluding hydrogens is 276 g/mol. The summed E-state index contributed by atoms with van der Waals surface area (Å²) in [6, 6.07) is 13.9. The molecule has 0 fully saturated rings. The largest absolute Gasteiger partial charge is 0.394 e. The number of benzene rings is 1. The topological polar surface area (TPSA) is 56.6 Å². The van der Waals surface area contributed by atoms with E-state index in [1.165, 1.54) is 5.56 Å².